The first-order chi connectivity index (χ1) is 9.54. The van der Waals surface area contributed by atoms with Gasteiger partial charge in [-0.15, -0.1) is 0 Å². The summed E-state index contributed by atoms with van der Waals surface area (Å²) in [5, 5.41) is 3.58. The maximum absolute atomic E-state index is 12.4. The second kappa shape index (κ2) is 6.52. The van der Waals surface area contributed by atoms with Gasteiger partial charge in [0.05, 0.1) is 4.99 Å². The van der Waals surface area contributed by atoms with Crippen LogP contribution in [0, 0.1) is 5.41 Å². The Bertz CT molecular complexity index is 498. The van der Waals surface area contributed by atoms with Crippen molar-refractivity contribution < 1.29 is 9.53 Å². The van der Waals surface area contributed by atoms with Gasteiger partial charge >= 0.3 is 0 Å². The zero-order valence-electron chi connectivity index (χ0n) is 11.0. The van der Waals surface area contributed by atoms with Crippen molar-refractivity contribution in [3.63, 3.8) is 0 Å². The van der Waals surface area contributed by atoms with Gasteiger partial charge in [0, 0.05) is 24.8 Å². The summed E-state index contributed by atoms with van der Waals surface area (Å²) in [5.41, 5.74) is 5.99. The van der Waals surface area contributed by atoms with Gasteiger partial charge in [0.25, 0.3) is 0 Å². The van der Waals surface area contributed by atoms with Gasteiger partial charge in [0.1, 0.15) is 5.41 Å². The first-order valence-corrected chi connectivity index (χ1v) is 7.24. The van der Waals surface area contributed by atoms with Crippen LogP contribution >= 0.6 is 23.8 Å². The molecule has 20 heavy (non-hydrogen) atoms. The van der Waals surface area contributed by atoms with E-state index in [-0.39, 0.29) is 10.9 Å². The van der Waals surface area contributed by atoms with Crippen LogP contribution in [-0.2, 0) is 16.1 Å². The van der Waals surface area contributed by atoms with Crippen LogP contribution < -0.4 is 11.1 Å². The Morgan fingerprint density at radius 1 is 1.35 bits per heavy atom. The molecule has 4 nitrogen and oxygen atoms in total. The molecule has 0 spiro atoms. The van der Waals surface area contributed by atoms with Crippen molar-refractivity contribution in [1.29, 1.82) is 0 Å². The fraction of sp³-hybridized carbons (Fsp3) is 0.429. The Labute approximate surface area is 128 Å². The van der Waals surface area contributed by atoms with Gasteiger partial charge in [-0.3, -0.25) is 4.79 Å². The third-order valence-electron chi connectivity index (χ3n) is 3.62. The van der Waals surface area contributed by atoms with Crippen molar-refractivity contribution in [1.82, 2.24) is 5.32 Å². The van der Waals surface area contributed by atoms with E-state index in [1.807, 2.05) is 12.1 Å². The first kappa shape index (κ1) is 15.2. The third-order valence-corrected chi connectivity index (χ3v) is 4.26. The normalized spacial score (nSPS) is 17.4. The molecule has 2 rings (SSSR count). The van der Waals surface area contributed by atoms with Gasteiger partial charge in [-0.25, -0.2) is 0 Å². The molecule has 0 unspecified atom stereocenters. The Kier molecular flexibility index (Phi) is 4.96. The lowest BCUT2D eigenvalue weighted by molar-refractivity contribution is -0.131. The van der Waals surface area contributed by atoms with E-state index in [9.17, 15) is 4.79 Å². The van der Waals surface area contributed by atoms with Gasteiger partial charge in [-0.2, -0.15) is 0 Å². The number of thiocarbonyl (C=S) groups is 1. The molecule has 1 saturated heterocycles. The molecule has 0 atom stereocenters. The van der Waals surface area contributed by atoms with E-state index >= 15 is 0 Å². The fourth-order valence-corrected chi connectivity index (χ4v) is 2.68. The molecule has 1 amide bonds. The Morgan fingerprint density at radius 2 is 1.95 bits per heavy atom. The first-order valence-electron chi connectivity index (χ1n) is 6.45. The number of nitrogens with one attached hydrogen (secondary N) is 1. The predicted octanol–water partition coefficient (Wildman–Crippen LogP) is 2.04. The van der Waals surface area contributed by atoms with E-state index in [2.05, 4.69) is 5.32 Å². The van der Waals surface area contributed by atoms with Crippen LogP contribution in [0.25, 0.3) is 0 Å². The number of amides is 1. The standard InChI is InChI=1S/C14H17ClN2O2S/c15-11-3-1-10(2-4-11)9-17-13(18)14(12(16)20)5-7-19-8-6-14/h1-4H,5-9H2,(H2,16,20)(H,17,18). The molecule has 0 bridgehead atoms. The summed E-state index contributed by atoms with van der Waals surface area (Å²) < 4.78 is 5.29. The van der Waals surface area contributed by atoms with Gasteiger partial charge in [0.2, 0.25) is 5.91 Å². The molecule has 108 valence electrons. The number of hydrogen-bond acceptors (Lipinski definition) is 3. The van der Waals surface area contributed by atoms with Gasteiger partial charge < -0.3 is 15.8 Å². The van der Waals surface area contributed by atoms with E-state index in [1.165, 1.54) is 0 Å². The zero-order chi connectivity index (χ0) is 14.6. The number of benzene rings is 1. The van der Waals surface area contributed by atoms with E-state index in [0.29, 0.717) is 37.6 Å². The van der Waals surface area contributed by atoms with Crippen molar-refractivity contribution >= 4 is 34.7 Å². The van der Waals surface area contributed by atoms with Crippen molar-refractivity contribution in [3.05, 3.63) is 34.9 Å². The lowest BCUT2D eigenvalue weighted by Gasteiger charge is -2.34. The summed E-state index contributed by atoms with van der Waals surface area (Å²) >= 11 is 10.9. The molecular weight excluding hydrogens is 296 g/mol. The minimum atomic E-state index is -0.778. The van der Waals surface area contributed by atoms with Crippen molar-refractivity contribution in [2.75, 3.05) is 13.2 Å². The van der Waals surface area contributed by atoms with Crippen LogP contribution in [0.15, 0.2) is 24.3 Å². The fourth-order valence-electron chi connectivity index (χ4n) is 2.26. The molecule has 3 N–H and O–H groups in total. The van der Waals surface area contributed by atoms with Crippen LogP contribution in [0.5, 0.6) is 0 Å². The molecule has 1 aromatic rings. The van der Waals surface area contributed by atoms with Crippen molar-refractivity contribution in [2.45, 2.75) is 19.4 Å². The topological polar surface area (TPSA) is 64.4 Å². The number of hydrogen-bond donors (Lipinski definition) is 2. The minimum Gasteiger partial charge on any atom is -0.392 e. The number of nitrogens with two attached hydrogens (primary N) is 1. The Morgan fingerprint density at radius 3 is 2.50 bits per heavy atom. The SMILES string of the molecule is NC(=S)C1(C(=O)NCc2ccc(Cl)cc2)CCOCC1. The zero-order valence-corrected chi connectivity index (χ0v) is 12.6. The van der Waals surface area contributed by atoms with E-state index in [1.54, 1.807) is 12.1 Å². The highest BCUT2D eigenvalue weighted by Crippen LogP contribution is 2.31. The van der Waals surface area contributed by atoms with Gasteiger partial charge in [-0.1, -0.05) is 36.0 Å². The van der Waals surface area contributed by atoms with Crippen molar-refractivity contribution in [2.24, 2.45) is 11.1 Å². The summed E-state index contributed by atoms with van der Waals surface area (Å²) in [5.74, 6) is -0.122. The molecule has 0 aromatic heterocycles. The number of carbonyl (C=O) groups is 1. The van der Waals surface area contributed by atoms with E-state index in [0.717, 1.165) is 5.56 Å². The smallest absolute Gasteiger partial charge is 0.233 e. The Balaban J connectivity index is 2.02. The molecule has 1 aromatic carbocycles. The molecular formula is C14H17ClN2O2S. The molecule has 1 aliphatic heterocycles. The minimum absolute atomic E-state index is 0.122. The van der Waals surface area contributed by atoms with E-state index in [4.69, 9.17) is 34.3 Å². The highest BCUT2D eigenvalue weighted by molar-refractivity contribution is 7.80. The summed E-state index contributed by atoms with van der Waals surface area (Å²) in [6, 6.07) is 7.34. The highest BCUT2D eigenvalue weighted by atomic mass is 35.5. The van der Waals surface area contributed by atoms with Crippen LogP contribution in [0.3, 0.4) is 0 Å². The van der Waals surface area contributed by atoms with E-state index < -0.39 is 5.41 Å². The Hall–Kier alpha value is -1.17. The van der Waals surface area contributed by atoms with Crippen LogP contribution in [0.2, 0.25) is 5.02 Å². The van der Waals surface area contributed by atoms with Crippen molar-refractivity contribution in [3.8, 4) is 0 Å². The summed E-state index contributed by atoms with van der Waals surface area (Å²) in [4.78, 5) is 12.7. The maximum Gasteiger partial charge on any atom is 0.233 e. The molecule has 0 saturated carbocycles. The predicted molar refractivity (Wildman–Crippen MR) is 82.6 cm³/mol. The number of ether oxygens (including phenoxy) is 1. The lowest BCUT2D eigenvalue weighted by Crippen LogP contribution is -2.51. The summed E-state index contributed by atoms with van der Waals surface area (Å²) in [7, 11) is 0. The lowest BCUT2D eigenvalue weighted by atomic mass is 9.79. The van der Waals surface area contributed by atoms with Gasteiger partial charge in [0.15, 0.2) is 0 Å². The average molecular weight is 313 g/mol. The second-order valence-corrected chi connectivity index (χ2v) is 5.74. The number of rotatable bonds is 4. The van der Waals surface area contributed by atoms with Crippen LogP contribution in [-0.4, -0.2) is 24.1 Å². The highest BCUT2D eigenvalue weighted by Gasteiger charge is 2.42. The molecule has 1 aliphatic rings. The average Bonchev–Trinajstić information content (AvgIpc) is 2.47. The number of halogens is 1. The maximum atomic E-state index is 12.4. The summed E-state index contributed by atoms with van der Waals surface area (Å²) in [6.45, 7) is 1.44. The second-order valence-electron chi connectivity index (χ2n) is 4.87. The third kappa shape index (κ3) is 3.29. The molecule has 1 fully saturated rings. The monoisotopic (exact) mass is 312 g/mol. The molecule has 1 heterocycles. The molecule has 0 aliphatic carbocycles. The van der Waals surface area contributed by atoms with Gasteiger partial charge in [-0.05, 0) is 30.5 Å². The number of carbonyl (C=O) groups excluding carboxylic acids is 1. The van der Waals surface area contributed by atoms with Crippen LogP contribution in [0.4, 0.5) is 0 Å². The quantitative estimate of drug-likeness (QED) is 0.835. The summed E-state index contributed by atoms with van der Waals surface area (Å²) in [6.07, 6.45) is 1.07. The largest absolute Gasteiger partial charge is 0.392 e. The molecule has 0 radical (unpaired) electrons. The molecule has 6 heteroatoms. The van der Waals surface area contributed by atoms with Crippen LogP contribution in [0.1, 0.15) is 18.4 Å².